The lowest BCUT2D eigenvalue weighted by Gasteiger charge is -2.36. The Morgan fingerprint density at radius 1 is 1.06 bits per heavy atom. The largest absolute Gasteiger partial charge is 0.533 e. The number of thiophene rings is 1. The second-order valence-electron chi connectivity index (χ2n) is 8.53. The Morgan fingerprint density at radius 2 is 1.88 bits per heavy atom. The van der Waals surface area contributed by atoms with Crippen molar-refractivity contribution < 1.29 is 23.6 Å². The number of nitrogens with zero attached hydrogens (tertiary/aromatic N) is 3. The minimum absolute atomic E-state index is 0.191. The van der Waals surface area contributed by atoms with Crippen LogP contribution in [0.15, 0.2) is 41.8 Å². The van der Waals surface area contributed by atoms with Crippen molar-refractivity contribution in [1.29, 1.82) is 0 Å². The average molecular weight is 484 g/mol. The number of piperazine rings is 1. The maximum atomic E-state index is 14.1. The van der Waals surface area contributed by atoms with Crippen LogP contribution in [0.5, 0.6) is 0 Å². The maximum absolute atomic E-state index is 14.1. The van der Waals surface area contributed by atoms with Crippen LogP contribution in [-0.4, -0.2) is 56.8 Å². The minimum atomic E-state index is -0.914. The highest BCUT2D eigenvalue weighted by Gasteiger charge is 2.28. The third-order valence-corrected chi connectivity index (χ3v) is 7.34. The summed E-state index contributed by atoms with van der Waals surface area (Å²) in [7, 11) is 1.21. The van der Waals surface area contributed by atoms with E-state index in [1.807, 2.05) is 17.5 Å². The number of ether oxygens (including phenoxy) is 1. The highest BCUT2D eigenvalue weighted by atomic mass is 32.1. The quantitative estimate of drug-likeness (QED) is 0.502. The van der Waals surface area contributed by atoms with E-state index in [0.717, 1.165) is 71.1 Å². The van der Waals surface area contributed by atoms with Gasteiger partial charge in [-0.2, -0.15) is 0 Å². The average Bonchev–Trinajstić information content (AvgIpc) is 3.32. The fourth-order valence-corrected chi connectivity index (χ4v) is 5.47. The molecule has 0 saturated carbocycles. The first-order valence-electron chi connectivity index (χ1n) is 11.4. The number of carbonyl (C=O) groups excluding carboxylic acids is 2. The molecule has 0 spiro atoms. The summed E-state index contributed by atoms with van der Waals surface area (Å²) in [5.74, 6) is -0.452. The number of benzene rings is 2. The van der Waals surface area contributed by atoms with E-state index in [4.69, 9.17) is 4.84 Å². The van der Waals surface area contributed by atoms with Crippen LogP contribution in [0, 0.1) is 5.82 Å². The van der Waals surface area contributed by atoms with E-state index in [1.165, 1.54) is 7.11 Å². The number of carbonyl (C=O) groups is 2. The van der Waals surface area contributed by atoms with Crippen LogP contribution in [-0.2, 0) is 27.2 Å². The molecule has 1 aromatic heterocycles. The van der Waals surface area contributed by atoms with E-state index in [2.05, 4.69) is 26.7 Å². The van der Waals surface area contributed by atoms with E-state index in [-0.39, 0.29) is 18.1 Å². The number of rotatable bonds is 5. The molecular formula is C25H26FN3O4S. The smallest absolute Gasteiger partial charge is 0.436 e. The Hall–Kier alpha value is -3.17. The van der Waals surface area contributed by atoms with Crippen LogP contribution in [0.25, 0.3) is 10.1 Å². The number of hydrogen-bond acceptors (Lipinski definition) is 7. The Morgan fingerprint density at radius 3 is 2.68 bits per heavy atom. The number of halogens is 1. The summed E-state index contributed by atoms with van der Waals surface area (Å²) in [5, 5.41) is 4.17. The molecule has 3 aromatic rings. The van der Waals surface area contributed by atoms with Gasteiger partial charge in [-0.3, -0.25) is 14.5 Å². The highest BCUT2D eigenvalue weighted by molar-refractivity contribution is 7.17. The van der Waals surface area contributed by atoms with Crippen LogP contribution in [0.3, 0.4) is 0 Å². The van der Waals surface area contributed by atoms with Crippen molar-refractivity contribution in [1.82, 2.24) is 4.90 Å². The summed E-state index contributed by atoms with van der Waals surface area (Å²) in [6.45, 7) is 4.34. The molecule has 1 fully saturated rings. The zero-order valence-electron chi connectivity index (χ0n) is 19.0. The van der Waals surface area contributed by atoms with Gasteiger partial charge < -0.3 is 9.64 Å². The summed E-state index contributed by atoms with van der Waals surface area (Å²) in [6, 6.07) is 11.3. The lowest BCUT2D eigenvalue weighted by atomic mass is 9.99. The molecule has 0 aliphatic carbocycles. The number of aryl methyl sites for hydroxylation is 1. The number of hydroxylamine groups is 1. The predicted octanol–water partition coefficient (Wildman–Crippen LogP) is 4.38. The van der Waals surface area contributed by atoms with E-state index in [0.29, 0.717) is 12.1 Å². The third kappa shape index (κ3) is 4.58. The number of amides is 1. The number of hydrogen-bond donors (Lipinski definition) is 0. The lowest BCUT2D eigenvalue weighted by molar-refractivity contribution is -0.125. The Kier molecular flexibility index (Phi) is 6.38. The second-order valence-corrected chi connectivity index (χ2v) is 9.48. The van der Waals surface area contributed by atoms with Gasteiger partial charge in [0, 0.05) is 54.9 Å². The summed E-state index contributed by atoms with van der Waals surface area (Å²) in [4.78, 5) is 33.7. The molecule has 2 aromatic carbocycles. The van der Waals surface area contributed by atoms with E-state index < -0.39 is 6.16 Å². The molecule has 178 valence electrons. The molecule has 0 unspecified atom stereocenters. The van der Waals surface area contributed by atoms with Crippen LogP contribution in [0.4, 0.5) is 20.6 Å². The number of fused-ring (bicyclic) bond motifs is 2. The first kappa shape index (κ1) is 22.6. The lowest BCUT2D eigenvalue weighted by Crippen LogP contribution is -2.47. The molecular weight excluding hydrogens is 457 g/mol. The molecule has 0 atom stereocenters. The van der Waals surface area contributed by atoms with E-state index in [9.17, 15) is 14.0 Å². The van der Waals surface area contributed by atoms with E-state index in [1.54, 1.807) is 23.5 Å². The molecule has 9 heteroatoms. The Bertz CT molecular complexity index is 1220. The molecule has 2 aliphatic rings. The zero-order valence-corrected chi connectivity index (χ0v) is 19.8. The van der Waals surface area contributed by atoms with Crippen molar-refractivity contribution >= 4 is 44.9 Å². The van der Waals surface area contributed by atoms with Crippen molar-refractivity contribution in [3.8, 4) is 0 Å². The maximum Gasteiger partial charge on any atom is 0.533 e. The zero-order chi connectivity index (χ0) is 23.7. The summed E-state index contributed by atoms with van der Waals surface area (Å²) in [6.07, 6.45) is 0.802. The number of methoxy groups -OCH3 is 1. The van der Waals surface area contributed by atoms with Gasteiger partial charge in [0.05, 0.1) is 12.8 Å². The van der Waals surface area contributed by atoms with Gasteiger partial charge in [-0.1, -0.05) is 12.1 Å². The van der Waals surface area contributed by atoms with Gasteiger partial charge in [-0.25, -0.2) is 9.18 Å². The van der Waals surface area contributed by atoms with Crippen molar-refractivity contribution in [3.63, 3.8) is 0 Å². The van der Waals surface area contributed by atoms with Gasteiger partial charge in [0.25, 0.3) is 5.91 Å². The molecule has 34 heavy (non-hydrogen) atoms. The standard InChI is InChI=1S/C25H26FN3O4S/c1-32-25(31)33-29-21-14-17(2-3-18(21)4-5-24(29)30)6-8-27-9-11-28(12-10-27)22-15-19(26)16-23-20(22)7-13-34-23/h2-3,7,13-16H,4-6,8-12H2,1H3. The minimum Gasteiger partial charge on any atom is -0.436 e. The number of anilines is 2. The van der Waals surface area contributed by atoms with Crippen molar-refractivity contribution in [2.24, 2.45) is 0 Å². The van der Waals surface area contributed by atoms with Crippen molar-refractivity contribution in [2.45, 2.75) is 19.3 Å². The van der Waals surface area contributed by atoms with Crippen LogP contribution < -0.4 is 9.96 Å². The van der Waals surface area contributed by atoms with Gasteiger partial charge in [-0.15, -0.1) is 16.4 Å². The molecule has 0 N–H and O–H groups in total. The first-order valence-corrected chi connectivity index (χ1v) is 12.2. The fraction of sp³-hybridized carbons (Fsp3) is 0.360. The predicted molar refractivity (Wildman–Crippen MR) is 130 cm³/mol. The molecule has 2 aliphatic heterocycles. The third-order valence-electron chi connectivity index (χ3n) is 6.48. The monoisotopic (exact) mass is 483 g/mol. The molecule has 7 nitrogen and oxygen atoms in total. The SMILES string of the molecule is COC(=O)ON1C(=O)CCc2ccc(CCN3CCN(c4cc(F)cc5sccc45)CC3)cc21. The fourth-order valence-electron chi connectivity index (χ4n) is 4.64. The van der Waals surface area contributed by atoms with Crippen LogP contribution in [0.2, 0.25) is 0 Å². The topological polar surface area (TPSA) is 62.3 Å². The van der Waals surface area contributed by atoms with Crippen LogP contribution in [0.1, 0.15) is 17.5 Å². The molecule has 0 radical (unpaired) electrons. The first-order chi connectivity index (χ1) is 16.5. The summed E-state index contributed by atoms with van der Waals surface area (Å²) >= 11 is 1.56. The summed E-state index contributed by atoms with van der Waals surface area (Å²) in [5.41, 5.74) is 3.62. The molecule has 5 rings (SSSR count). The van der Waals surface area contributed by atoms with Crippen LogP contribution >= 0.6 is 11.3 Å². The van der Waals surface area contributed by atoms with Crippen molar-refractivity contribution in [2.75, 3.05) is 49.8 Å². The second kappa shape index (κ2) is 9.60. The molecule has 1 saturated heterocycles. The highest BCUT2D eigenvalue weighted by Crippen LogP contribution is 2.33. The van der Waals surface area contributed by atoms with Gasteiger partial charge in [0.15, 0.2) is 0 Å². The van der Waals surface area contributed by atoms with E-state index >= 15 is 0 Å². The normalized spacial score (nSPS) is 16.6. The molecule has 0 bridgehead atoms. The van der Waals surface area contributed by atoms with Gasteiger partial charge in [-0.05, 0) is 53.6 Å². The Balaban J connectivity index is 1.21. The molecule has 1 amide bonds. The van der Waals surface area contributed by atoms with Gasteiger partial charge >= 0.3 is 6.16 Å². The molecule has 3 heterocycles. The van der Waals surface area contributed by atoms with Crippen molar-refractivity contribution in [3.05, 3.63) is 58.7 Å². The Labute approximate surface area is 201 Å². The summed E-state index contributed by atoms with van der Waals surface area (Å²) < 4.78 is 19.6. The van der Waals surface area contributed by atoms with Gasteiger partial charge in [0.1, 0.15) is 5.82 Å². The van der Waals surface area contributed by atoms with Gasteiger partial charge in [0.2, 0.25) is 0 Å².